The van der Waals surface area contributed by atoms with Crippen LogP contribution in [0.1, 0.15) is 25.5 Å². The number of nitrogens with one attached hydrogen (secondary N) is 1. The number of piperazine rings is 1. The first-order valence-electron chi connectivity index (χ1n) is 8.54. The minimum Gasteiger partial charge on any atom is -0.368 e. The molecular formula is C18H28N4O2. The number of nitrogens with two attached hydrogens (primary N) is 1. The van der Waals surface area contributed by atoms with Crippen molar-refractivity contribution in [2.24, 2.45) is 11.7 Å². The highest BCUT2D eigenvalue weighted by molar-refractivity contribution is 5.81. The van der Waals surface area contributed by atoms with Crippen molar-refractivity contribution in [3.8, 4) is 0 Å². The molecule has 0 bridgehead atoms. The summed E-state index contributed by atoms with van der Waals surface area (Å²) in [6.07, 6.45) is 0. The molecule has 0 radical (unpaired) electrons. The molecule has 1 heterocycles. The number of benzene rings is 1. The van der Waals surface area contributed by atoms with Crippen molar-refractivity contribution in [1.29, 1.82) is 0 Å². The lowest BCUT2D eigenvalue weighted by molar-refractivity contribution is -0.126. The predicted octanol–water partition coefficient (Wildman–Crippen LogP) is 0.603. The Hall–Kier alpha value is -1.92. The summed E-state index contributed by atoms with van der Waals surface area (Å²) in [6, 6.07) is 9.22. The number of nitrogens with zero attached hydrogens (tertiary/aromatic N) is 2. The Labute approximate surface area is 144 Å². The standard InChI is InChI=1S/C18H28N4O2/c1-14(2)12-20-16(23)13-21-8-10-22(11-9-21)17(18(19)24)15-6-4-3-5-7-15/h3-7,14,17H,8-13H2,1-2H3,(H2,19,24)(H,20,23)/t17-/m0/s1. The maximum absolute atomic E-state index is 11.9. The van der Waals surface area contributed by atoms with Crippen LogP contribution in [0.4, 0.5) is 0 Å². The van der Waals surface area contributed by atoms with Crippen molar-refractivity contribution in [1.82, 2.24) is 15.1 Å². The largest absolute Gasteiger partial charge is 0.368 e. The van der Waals surface area contributed by atoms with E-state index in [9.17, 15) is 9.59 Å². The lowest BCUT2D eigenvalue weighted by Gasteiger charge is -2.38. The molecule has 0 aromatic heterocycles. The van der Waals surface area contributed by atoms with E-state index < -0.39 is 6.04 Å². The van der Waals surface area contributed by atoms with Gasteiger partial charge in [-0.2, -0.15) is 0 Å². The maximum atomic E-state index is 11.9. The van der Waals surface area contributed by atoms with Crippen LogP contribution in [0.25, 0.3) is 0 Å². The second-order valence-electron chi connectivity index (χ2n) is 6.73. The molecule has 1 saturated heterocycles. The van der Waals surface area contributed by atoms with Gasteiger partial charge in [-0.05, 0) is 11.5 Å². The molecule has 1 aliphatic rings. The average molecular weight is 332 g/mol. The fourth-order valence-corrected chi connectivity index (χ4v) is 2.95. The van der Waals surface area contributed by atoms with Crippen LogP contribution >= 0.6 is 0 Å². The second-order valence-corrected chi connectivity index (χ2v) is 6.73. The van der Waals surface area contributed by atoms with E-state index in [0.717, 1.165) is 31.7 Å². The Morgan fingerprint density at radius 3 is 2.29 bits per heavy atom. The number of primary amides is 1. The van der Waals surface area contributed by atoms with Crippen LogP contribution in [0.3, 0.4) is 0 Å². The highest BCUT2D eigenvalue weighted by Gasteiger charge is 2.29. The van der Waals surface area contributed by atoms with E-state index in [1.807, 2.05) is 30.3 Å². The van der Waals surface area contributed by atoms with Crippen LogP contribution in [0.5, 0.6) is 0 Å². The van der Waals surface area contributed by atoms with Crippen LogP contribution in [0.15, 0.2) is 30.3 Å². The molecule has 2 amide bonds. The van der Waals surface area contributed by atoms with E-state index in [1.54, 1.807) is 0 Å². The van der Waals surface area contributed by atoms with Crippen molar-refractivity contribution in [3.05, 3.63) is 35.9 Å². The molecule has 0 aliphatic carbocycles. The third-order valence-corrected chi connectivity index (χ3v) is 4.23. The lowest BCUT2D eigenvalue weighted by atomic mass is 10.0. The Bertz CT molecular complexity index is 539. The van der Waals surface area contributed by atoms with Gasteiger partial charge in [-0.3, -0.25) is 19.4 Å². The van der Waals surface area contributed by atoms with Crippen LogP contribution < -0.4 is 11.1 Å². The Morgan fingerprint density at radius 2 is 1.75 bits per heavy atom. The fourth-order valence-electron chi connectivity index (χ4n) is 2.95. The summed E-state index contributed by atoms with van der Waals surface area (Å²) >= 11 is 0. The first kappa shape index (κ1) is 18.4. The van der Waals surface area contributed by atoms with Gasteiger partial charge in [0.15, 0.2) is 0 Å². The van der Waals surface area contributed by atoms with Gasteiger partial charge in [0.25, 0.3) is 0 Å². The van der Waals surface area contributed by atoms with E-state index in [0.29, 0.717) is 19.0 Å². The molecule has 0 unspecified atom stereocenters. The van der Waals surface area contributed by atoms with Gasteiger partial charge < -0.3 is 11.1 Å². The number of hydrogen-bond acceptors (Lipinski definition) is 4. The second kappa shape index (κ2) is 8.80. The molecule has 6 nitrogen and oxygen atoms in total. The predicted molar refractivity (Wildman–Crippen MR) is 94.2 cm³/mol. The molecule has 1 aromatic rings. The van der Waals surface area contributed by atoms with Gasteiger partial charge in [0, 0.05) is 32.7 Å². The van der Waals surface area contributed by atoms with Gasteiger partial charge in [0.2, 0.25) is 11.8 Å². The topological polar surface area (TPSA) is 78.7 Å². The van der Waals surface area contributed by atoms with Crippen molar-refractivity contribution in [3.63, 3.8) is 0 Å². The van der Waals surface area contributed by atoms with E-state index in [4.69, 9.17) is 5.73 Å². The van der Waals surface area contributed by atoms with E-state index in [-0.39, 0.29) is 11.8 Å². The Balaban J connectivity index is 1.87. The number of amides is 2. The third kappa shape index (κ3) is 5.32. The molecule has 0 spiro atoms. The van der Waals surface area contributed by atoms with Gasteiger partial charge in [0.05, 0.1) is 6.54 Å². The average Bonchev–Trinajstić information content (AvgIpc) is 2.55. The molecule has 0 saturated carbocycles. The first-order chi connectivity index (χ1) is 11.5. The Kier molecular flexibility index (Phi) is 6.75. The summed E-state index contributed by atoms with van der Waals surface area (Å²) < 4.78 is 0. The van der Waals surface area contributed by atoms with Crippen molar-refractivity contribution < 1.29 is 9.59 Å². The summed E-state index contributed by atoms with van der Waals surface area (Å²) in [4.78, 5) is 28.0. The maximum Gasteiger partial charge on any atom is 0.239 e. The zero-order chi connectivity index (χ0) is 17.5. The first-order valence-corrected chi connectivity index (χ1v) is 8.54. The molecule has 24 heavy (non-hydrogen) atoms. The minimum atomic E-state index is -0.400. The summed E-state index contributed by atoms with van der Waals surface area (Å²) in [5.41, 5.74) is 6.55. The Morgan fingerprint density at radius 1 is 1.12 bits per heavy atom. The molecule has 132 valence electrons. The summed E-state index contributed by atoms with van der Waals surface area (Å²) in [5.74, 6) is 0.184. The fraction of sp³-hybridized carbons (Fsp3) is 0.556. The number of carbonyl (C=O) groups is 2. The molecule has 1 fully saturated rings. The smallest absolute Gasteiger partial charge is 0.239 e. The summed E-state index contributed by atoms with van der Waals surface area (Å²) in [7, 11) is 0. The normalized spacial score (nSPS) is 17.6. The third-order valence-electron chi connectivity index (χ3n) is 4.23. The molecular weight excluding hydrogens is 304 g/mol. The highest BCUT2D eigenvalue weighted by atomic mass is 16.2. The highest BCUT2D eigenvalue weighted by Crippen LogP contribution is 2.21. The van der Waals surface area contributed by atoms with Gasteiger partial charge in [-0.15, -0.1) is 0 Å². The molecule has 2 rings (SSSR count). The monoisotopic (exact) mass is 332 g/mol. The van der Waals surface area contributed by atoms with Crippen molar-refractivity contribution >= 4 is 11.8 Å². The van der Waals surface area contributed by atoms with Crippen LogP contribution in [-0.2, 0) is 9.59 Å². The van der Waals surface area contributed by atoms with Gasteiger partial charge in [-0.25, -0.2) is 0 Å². The number of rotatable bonds is 7. The van der Waals surface area contributed by atoms with Crippen LogP contribution in [0.2, 0.25) is 0 Å². The van der Waals surface area contributed by atoms with Gasteiger partial charge in [-0.1, -0.05) is 44.2 Å². The quantitative estimate of drug-likeness (QED) is 0.766. The lowest BCUT2D eigenvalue weighted by Crippen LogP contribution is -2.52. The van der Waals surface area contributed by atoms with E-state index >= 15 is 0 Å². The number of hydrogen-bond donors (Lipinski definition) is 2. The van der Waals surface area contributed by atoms with Crippen molar-refractivity contribution in [2.75, 3.05) is 39.3 Å². The van der Waals surface area contributed by atoms with Crippen LogP contribution in [0, 0.1) is 5.92 Å². The molecule has 1 atom stereocenters. The molecule has 6 heteroatoms. The zero-order valence-corrected chi connectivity index (χ0v) is 14.6. The molecule has 1 aromatic carbocycles. The molecule has 1 aliphatic heterocycles. The number of carbonyl (C=O) groups excluding carboxylic acids is 2. The van der Waals surface area contributed by atoms with Crippen molar-refractivity contribution in [2.45, 2.75) is 19.9 Å². The summed E-state index contributed by atoms with van der Waals surface area (Å²) in [5, 5.41) is 2.94. The van der Waals surface area contributed by atoms with E-state index in [2.05, 4.69) is 29.0 Å². The SMILES string of the molecule is CC(C)CNC(=O)CN1CCN([C@H](C(N)=O)c2ccccc2)CC1. The summed E-state index contributed by atoms with van der Waals surface area (Å²) in [6.45, 7) is 8.22. The van der Waals surface area contributed by atoms with Gasteiger partial charge >= 0.3 is 0 Å². The van der Waals surface area contributed by atoms with E-state index in [1.165, 1.54) is 0 Å². The van der Waals surface area contributed by atoms with Gasteiger partial charge in [0.1, 0.15) is 6.04 Å². The minimum absolute atomic E-state index is 0.0617. The molecule has 3 N–H and O–H groups in total. The van der Waals surface area contributed by atoms with Crippen LogP contribution in [-0.4, -0.2) is 60.9 Å². The zero-order valence-electron chi connectivity index (χ0n) is 14.6.